The monoisotopic (exact) mass is 350 g/mol. The first kappa shape index (κ1) is 17.2. The van der Waals surface area contributed by atoms with Gasteiger partial charge in [0.05, 0.1) is 11.1 Å². The standard InChI is InChI=1S/C17H17F3N4O/c18-17(19,20)12-5-7-14(8-6-12)23-15(25)11-9-21-16(22-10-11)24-13-3-1-2-4-13/h5-10,13H,1-4H2,(H,23,25)(H,21,22,24). The van der Waals surface area contributed by atoms with Gasteiger partial charge in [0.1, 0.15) is 0 Å². The maximum atomic E-state index is 12.5. The van der Waals surface area contributed by atoms with Crippen molar-refractivity contribution in [2.75, 3.05) is 10.6 Å². The number of nitrogens with zero attached hydrogens (tertiary/aromatic N) is 2. The van der Waals surface area contributed by atoms with E-state index in [9.17, 15) is 18.0 Å². The highest BCUT2D eigenvalue weighted by molar-refractivity contribution is 6.03. The van der Waals surface area contributed by atoms with Gasteiger partial charge in [-0.2, -0.15) is 13.2 Å². The van der Waals surface area contributed by atoms with Crippen LogP contribution >= 0.6 is 0 Å². The molecule has 132 valence electrons. The average Bonchev–Trinajstić information content (AvgIpc) is 3.08. The number of halogens is 3. The summed E-state index contributed by atoms with van der Waals surface area (Å²) < 4.78 is 37.6. The van der Waals surface area contributed by atoms with Gasteiger partial charge in [0.2, 0.25) is 5.95 Å². The Labute approximate surface area is 142 Å². The van der Waals surface area contributed by atoms with Gasteiger partial charge in [0.15, 0.2) is 0 Å². The van der Waals surface area contributed by atoms with Crippen LogP contribution < -0.4 is 10.6 Å². The second-order valence-corrected chi connectivity index (χ2v) is 5.95. The number of benzene rings is 1. The number of alkyl halides is 3. The fourth-order valence-corrected chi connectivity index (χ4v) is 2.72. The Kier molecular flexibility index (Phi) is 4.87. The summed E-state index contributed by atoms with van der Waals surface area (Å²) in [5.41, 5.74) is -0.265. The molecule has 0 radical (unpaired) electrons. The van der Waals surface area contributed by atoms with Gasteiger partial charge in [0, 0.05) is 24.1 Å². The Morgan fingerprint density at radius 1 is 1.04 bits per heavy atom. The molecule has 2 N–H and O–H groups in total. The molecule has 8 heteroatoms. The second kappa shape index (κ2) is 7.08. The zero-order chi connectivity index (χ0) is 17.9. The first-order valence-electron chi connectivity index (χ1n) is 7.99. The molecule has 0 aliphatic heterocycles. The van der Waals surface area contributed by atoms with E-state index < -0.39 is 17.6 Å². The molecular weight excluding hydrogens is 333 g/mol. The van der Waals surface area contributed by atoms with Crippen LogP contribution in [0.4, 0.5) is 24.8 Å². The predicted octanol–water partition coefficient (Wildman–Crippen LogP) is 4.10. The largest absolute Gasteiger partial charge is 0.416 e. The lowest BCUT2D eigenvalue weighted by Gasteiger charge is -2.11. The van der Waals surface area contributed by atoms with Crippen molar-refractivity contribution in [3.05, 3.63) is 47.8 Å². The molecule has 1 aromatic heterocycles. The Morgan fingerprint density at radius 3 is 2.20 bits per heavy atom. The third-order valence-electron chi connectivity index (χ3n) is 4.07. The normalized spacial score (nSPS) is 15.2. The highest BCUT2D eigenvalue weighted by atomic mass is 19.4. The number of carbonyl (C=O) groups excluding carboxylic acids is 1. The van der Waals surface area contributed by atoms with Crippen LogP contribution in [-0.2, 0) is 6.18 Å². The van der Waals surface area contributed by atoms with E-state index >= 15 is 0 Å². The molecular formula is C17H17F3N4O. The number of nitrogens with one attached hydrogen (secondary N) is 2. The minimum Gasteiger partial charge on any atom is -0.351 e. The Balaban J connectivity index is 1.60. The van der Waals surface area contributed by atoms with E-state index in [4.69, 9.17) is 0 Å². The van der Waals surface area contributed by atoms with Gasteiger partial charge >= 0.3 is 6.18 Å². The lowest BCUT2D eigenvalue weighted by molar-refractivity contribution is -0.137. The van der Waals surface area contributed by atoms with Crippen LogP contribution in [0.25, 0.3) is 0 Å². The van der Waals surface area contributed by atoms with E-state index in [0.29, 0.717) is 12.0 Å². The van der Waals surface area contributed by atoms with Crippen LogP contribution in [0.2, 0.25) is 0 Å². The van der Waals surface area contributed by atoms with E-state index in [1.54, 1.807) is 0 Å². The summed E-state index contributed by atoms with van der Waals surface area (Å²) in [6, 6.07) is 4.61. The smallest absolute Gasteiger partial charge is 0.351 e. The van der Waals surface area contributed by atoms with Crippen molar-refractivity contribution in [2.24, 2.45) is 0 Å². The number of carbonyl (C=O) groups is 1. The van der Waals surface area contributed by atoms with Crippen molar-refractivity contribution in [3.63, 3.8) is 0 Å². The molecule has 2 aromatic rings. The van der Waals surface area contributed by atoms with E-state index in [0.717, 1.165) is 25.0 Å². The van der Waals surface area contributed by atoms with E-state index in [2.05, 4.69) is 20.6 Å². The molecule has 3 rings (SSSR count). The maximum Gasteiger partial charge on any atom is 0.416 e. The lowest BCUT2D eigenvalue weighted by atomic mass is 10.2. The summed E-state index contributed by atoms with van der Waals surface area (Å²) in [5, 5.41) is 5.74. The van der Waals surface area contributed by atoms with Crippen LogP contribution in [0.3, 0.4) is 0 Å². The summed E-state index contributed by atoms with van der Waals surface area (Å²) in [5.74, 6) is -0.00912. The summed E-state index contributed by atoms with van der Waals surface area (Å²) in [4.78, 5) is 20.4. The SMILES string of the molecule is O=C(Nc1ccc(C(F)(F)F)cc1)c1cnc(NC2CCCC2)nc1. The predicted molar refractivity (Wildman–Crippen MR) is 87.3 cm³/mol. The van der Waals surface area contributed by atoms with Gasteiger partial charge in [-0.15, -0.1) is 0 Å². The van der Waals surface area contributed by atoms with E-state index in [1.165, 1.54) is 37.4 Å². The molecule has 1 fully saturated rings. The topological polar surface area (TPSA) is 66.9 Å². The fraction of sp³-hybridized carbons (Fsp3) is 0.353. The van der Waals surface area contributed by atoms with Crippen LogP contribution in [0.5, 0.6) is 0 Å². The Hall–Kier alpha value is -2.64. The lowest BCUT2D eigenvalue weighted by Crippen LogP contribution is -2.18. The molecule has 0 bridgehead atoms. The minimum absolute atomic E-state index is 0.233. The zero-order valence-corrected chi connectivity index (χ0v) is 13.3. The molecule has 0 saturated heterocycles. The zero-order valence-electron chi connectivity index (χ0n) is 13.3. The number of rotatable bonds is 4. The third-order valence-corrected chi connectivity index (χ3v) is 4.07. The minimum atomic E-state index is -4.40. The van der Waals surface area contributed by atoms with Crippen molar-refractivity contribution in [3.8, 4) is 0 Å². The molecule has 1 saturated carbocycles. The molecule has 1 heterocycles. The molecule has 1 aromatic carbocycles. The van der Waals surface area contributed by atoms with Crippen LogP contribution in [-0.4, -0.2) is 21.9 Å². The van der Waals surface area contributed by atoms with Crippen molar-refractivity contribution in [1.29, 1.82) is 0 Å². The molecule has 25 heavy (non-hydrogen) atoms. The summed E-state index contributed by atoms with van der Waals surface area (Å²) in [6.45, 7) is 0. The van der Waals surface area contributed by atoms with Crippen molar-refractivity contribution < 1.29 is 18.0 Å². The quantitative estimate of drug-likeness (QED) is 0.871. The van der Waals surface area contributed by atoms with Gasteiger partial charge in [-0.25, -0.2) is 9.97 Å². The van der Waals surface area contributed by atoms with Gasteiger partial charge in [-0.05, 0) is 37.1 Å². The van der Waals surface area contributed by atoms with E-state index in [-0.39, 0.29) is 11.3 Å². The average molecular weight is 350 g/mol. The number of anilines is 2. The fourth-order valence-electron chi connectivity index (χ4n) is 2.72. The molecule has 5 nitrogen and oxygen atoms in total. The van der Waals surface area contributed by atoms with Gasteiger partial charge in [-0.1, -0.05) is 12.8 Å². The second-order valence-electron chi connectivity index (χ2n) is 5.95. The maximum absolute atomic E-state index is 12.5. The van der Waals surface area contributed by atoms with Gasteiger partial charge in [0.25, 0.3) is 5.91 Å². The number of aromatic nitrogens is 2. The summed E-state index contributed by atoms with van der Waals surface area (Å²) >= 11 is 0. The first-order valence-corrected chi connectivity index (χ1v) is 7.99. The molecule has 1 aliphatic rings. The van der Waals surface area contributed by atoms with Crippen LogP contribution in [0, 0.1) is 0 Å². The van der Waals surface area contributed by atoms with Crippen LogP contribution in [0.1, 0.15) is 41.6 Å². The number of hydrogen-bond acceptors (Lipinski definition) is 4. The van der Waals surface area contributed by atoms with E-state index in [1.807, 2.05) is 0 Å². The molecule has 0 spiro atoms. The summed E-state index contributed by atoms with van der Waals surface area (Å²) in [7, 11) is 0. The Morgan fingerprint density at radius 2 is 1.64 bits per heavy atom. The highest BCUT2D eigenvalue weighted by Gasteiger charge is 2.30. The number of amides is 1. The third kappa shape index (κ3) is 4.46. The Bertz CT molecular complexity index is 723. The van der Waals surface area contributed by atoms with Gasteiger partial charge < -0.3 is 10.6 Å². The molecule has 0 unspecified atom stereocenters. The molecule has 0 atom stereocenters. The number of hydrogen-bond donors (Lipinski definition) is 2. The first-order chi connectivity index (χ1) is 11.9. The highest BCUT2D eigenvalue weighted by Crippen LogP contribution is 2.29. The summed E-state index contributed by atoms with van der Waals surface area (Å²) in [6.07, 6.45) is 2.92. The molecule has 1 aliphatic carbocycles. The van der Waals surface area contributed by atoms with Gasteiger partial charge in [-0.3, -0.25) is 4.79 Å². The van der Waals surface area contributed by atoms with Crippen molar-refractivity contribution in [2.45, 2.75) is 37.9 Å². The molecule has 1 amide bonds. The van der Waals surface area contributed by atoms with Crippen LogP contribution in [0.15, 0.2) is 36.7 Å². The van der Waals surface area contributed by atoms with Crippen molar-refractivity contribution in [1.82, 2.24) is 9.97 Å². The van der Waals surface area contributed by atoms with Crippen molar-refractivity contribution >= 4 is 17.5 Å².